The average molecular weight is 200 g/mol. The van der Waals surface area contributed by atoms with Crippen molar-refractivity contribution in [2.45, 2.75) is 0 Å². The number of nitrogens with zero attached hydrogens (tertiary/aromatic N) is 2. The summed E-state index contributed by atoms with van der Waals surface area (Å²) in [4.78, 5) is 0. The highest BCUT2D eigenvalue weighted by atomic mass is 19.1. The molecule has 0 atom stereocenters. The molecule has 1 aromatic carbocycles. The molecule has 0 saturated carbocycles. The SMILES string of the molecule is C=Cc1cccc(-c2ccnnc2)c1F. The number of aromatic nitrogens is 2. The van der Waals surface area contributed by atoms with Crippen LogP contribution in [0, 0.1) is 5.82 Å². The van der Waals surface area contributed by atoms with Gasteiger partial charge < -0.3 is 0 Å². The fourth-order valence-corrected chi connectivity index (χ4v) is 1.38. The summed E-state index contributed by atoms with van der Waals surface area (Å²) >= 11 is 0. The highest BCUT2D eigenvalue weighted by Gasteiger charge is 2.07. The molecule has 0 N–H and O–H groups in total. The van der Waals surface area contributed by atoms with E-state index in [1.807, 2.05) is 0 Å². The van der Waals surface area contributed by atoms with Crippen molar-refractivity contribution in [1.29, 1.82) is 0 Å². The van der Waals surface area contributed by atoms with Gasteiger partial charge in [-0.1, -0.05) is 30.9 Å². The van der Waals surface area contributed by atoms with Gasteiger partial charge in [0.2, 0.25) is 0 Å². The topological polar surface area (TPSA) is 25.8 Å². The molecule has 0 aliphatic carbocycles. The number of hydrogen-bond donors (Lipinski definition) is 0. The van der Waals surface area contributed by atoms with Gasteiger partial charge in [-0.05, 0) is 6.07 Å². The van der Waals surface area contributed by atoms with E-state index >= 15 is 0 Å². The average Bonchev–Trinajstić information content (AvgIpc) is 2.30. The Kier molecular flexibility index (Phi) is 2.54. The van der Waals surface area contributed by atoms with Gasteiger partial charge in [0.25, 0.3) is 0 Å². The Hall–Kier alpha value is -2.03. The zero-order valence-corrected chi connectivity index (χ0v) is 8.02. The van der Waals surface area contributed by atoms with E-state index in [9.17, 15) is 4.39 Å². The van der Waals surface area contributed by atoms with Gasteiger partial charge in [-0.15, -0.1) is 0 Å². The van der Waals surface area contributed by atoms with Crippen LogP contribution in [0.4, 0.5) is 4.39 Å². The summed E-state index contributed by atoms with van der Waals surface area (Å²) in [5.74, 6) is -0.277. The molecule has 0 aliphatic rings. The van der Waals surface area contributed by atoms with E-state index in [0.29, 0.717) is 16.7 Å². The molecule has 0 bridgehead atoms. The minimum absolute atomic E-state index is 0.277. The molecule has 0 unspecified atom stereocenters. The first-order valence-electron chi connectivity index (χ1n) is 4.51. The summed E-state index contributed by atoms with van der Waals surface area (Å²) in [7, 11) is 0. The van der Waals surface area contributed by atoms with Crippen molar-refractivity contribution in [3.8, 4) is 11.1 Å². The minimum atomic E-state index is -0.277. The van der Waals surface area contributed by atoms with Crippen molar-refractivity contribution < 1.29 is 4.39 Å². The van der Waals surface area contributed by atoms with Crippen LogP contribution < -0.4 is 0 Å². The Bertz CT molecular complexity index is 480. The summed E-state index contributed by atoms with van der Waals surface area (Å²) < 4.78 is 13.8. The minimum Gasteiger partial charge on any atom is -0.206 e. The normalized spacial score (nSPS) is 9.93. The Morgan fingerprint density at radius 1 is 1.20 bits per heavy atom. The maximum absolute atomic E-state index is 13.8. The van der Waals surface area contributed by atoms with Crippen LogP contribution in [0.15, 0.2) is 43.2 Å². The molecule has 15 heavy (non-hydrogen) atoms. The number of halogens is 1. The fraction of sp³-hybridized carbons (Fsp3) is 0. The van der Waals surface area contributed by atoms with Crippen molar-refractivity contribution in [2.24, 2.45) is 0 Å². The standard InChI is InChI=1S/C12H9FN2/c1-2-9-4-3-5-11(12(9)13)10-6-7-14-15-8-10/h2-8H,1H2. The molecule has 2 aromatic rings. The molecule has 74 valence electrons. The molecule has 0 aliphatic heterocycles. The first-order valence-corrected chi connectivity index (χ1v) is 4.51. The molecular formula is C12H9FN2. The van der Waals surface area contributed by atoms with Gasteiger partial charge in [0.15, 0.2) is 0 Å². The molecular weight excluding hydrogens is 191 g/mol. The maximum Gasteiger partial charge on any atom is 0.138 e. The van der Waals surface area contributed by atoms with E-state index < -0.39 is 0 Å². The molecule has 0 amide bonds. The van der Waals surface area contributed by atoms with Crippen LogP contribution in [0.2, 0.25) is 0 Å². The van der Waals surface area contributed by atoms with Crippen LogP contribution in [0.5, 0.6) is 0 Å². The predicted octanol–water partition coefficient (Wildman–Crippen LogP) is 2.93. The lowest BCUT2D eigenvalue weighted by atomic mass is 10.0. The molecule has 1 aromatic heterocycles. The van der Waals surface area contributed by atoms with Gasteiger partial charge in [0.05, 0.1) is 12.4 Å². The van der Waals surface area contributed by atoms with Crippen LogP contribution in [0.3, 0.4) is 0 Å². The summed E-state index contributed by atoms with van der Waals surface area (Å²) in [6.45, 7) is 3.56. The van der Waals surface area contributed by atoms with E-state index in [-0.39, 0.29) is 5.82 Å². The monoisotopic (exact) mass is 200 g/mol. The molecule has 2 nitrogen and oxygen atoms in total. The quantitative estimate of drug-likeness (QED) is 0.744. The van der Waals surface area contributed by atoms with Crippen molar-refractivity contribution in [3.63, 3.8) is 0 Å². The Balaban J connectivity index is 2.59. The molecule has 0 radical (unpaired) electrons. The third-order valence-electron chi connectivity index (χ3n) is 2.14. The van der Waals surface area contributed by atoms with Gasteiger partial charge in [0, 0.05) is 16.7 Å². The highest BCUT2D eigenvalue weighted by molar-refractivity contribution is 5.67. The summed E-state index contributed by atoms with van der Waals surface area (Å²) in [6.07, 6.45) is 4.56. The highest BCUT2D eigenvalue weighted by Crippen LogP contribution is 2.24. The van der Waals surface area contributed by atoms with Crippen LogP contribution in [-0.4, -0.2) is 10.2 Å². The van der Waals surface area contributed by atoms with Crippen molar-refractivity contribution >= 4 is 6.08 Å². The van der Waals surface area contributed by atoms with E-state index in [1.54, 1.807) is 24.3 Å². The number of hydrogen-bond acceptors (Lipinski definition) is 2. The van der Waals surface area contributed by atoms with Gasteiger partial charge in [0.1, 0.15) is 5.82 Å². The van der Waals surface area contributed by atoms with Crippen molar-refractivity contribution in [1.82, 2.24) is 10.2 Å². The summed E-state index contributed by atoms with van der Waals surface area (Å²) in [5, 5.41) is 7.37. The van der Waals surface area contributed by atoms with Gasteiger partial charge in [-0.25, -0.2) is 4.39 Å². The lowest BCUT2D eigenvalue weighted by molar-refractivity contribution is 0.628. The fourth-order valence-electron chi connectivity index (χ4n) is 1.38. The predicted molar refractivity (Wildman–Crippen MR) is 57.5 cm³/mol. The molecule has 3 heteroatoms. The van der Waals surface area contributed by atoms with Gasteiger partial charge in [-0.2, -0.15) is 10.2 Å². The first-order chi connectivity index (χ1) is 7.33. The second-order valence-corrected chi connectivity index (χ2v) is 3.04. The van der Waals surface area contributed by atoms with Crippen LogP contribution >= 0.6 is 0 Å². The maximum atomic E-state index is 13.8. The molecule has 0 saturated heterocycles. The second-order valence-electron chi connectivity index (χ2n) is 3.04. The van der Waals surface area contributed by atoms with Gasteiger partial charge in [-0.3, -0.25) is 0 Å². The zero-order valence-electron chi connectivity index (χ0n) is 8.02. The molecule has 0 fully saturated rings. The van der Waals surface area contributed by atoms with Crippen LogP contribution in [-0.2, 0) is 0 Å². The molecule has 2 rings (SSSR count). The van der Waals surface area contributed by atoms with E-state index in [4.69, 9.17) is 0 Å². The smallest absolute Gasteiger partial charge is 0.138 e. The lowest BCUT2D eigenvalue weighted by Crippen LogP contribution is -1.89. The van der Waals surface area contributed by atoms with Crippen LogP contribution in [0.25, 0.3) is 17.2 Å². The zero-order chi connectivity index (χ0) is 10.7. The number of benzene rings is 1. The van der Waals surface area contributed by atoms with Crippen LogP contribution in [0.1, 0.15) is 5.56 Å². The molecule has 1 heterocycles. The third kappa shape index (κ3) is 1.76. The lowest BCUT2D eigenvalue weighted by Gasteiger charge is -2.04. The van der Waals surface area contributed by atoms with E-state index in [0.717, 1.165) is 0 Å². The summed E-state index contributed by atoms with van der Waals surface area (Å²) in [5.41, 5.74) is 1.72. The van der Waals surface area contributed by atoms with E-state index in [2.05, 4.69) is 16.8 Å². The Morgan fingerprint density at radius 3 is 2.73 bits per heavy atom. The summed E-state index contributed by atoms with van der Waals surface area (Å²) in [6, 6.07) is 6.90. The van der Waals surface area contributed by atoms with Gasteiger partial charge >= 0.3 is 0 Å². The molecule has 0 spiro atoms. The third-order valence-corrected chi connectivity index (χ3v) is 2.14. The Labute approximate surface area is 87.1 Å². The van der Waals surface area contributed by atoms with Crippen molar-refractivity contribution in [3.05, 3.63) is 54.6 Å². The Morgan fingerprint density at radius 2 is 2.07 bits per heavy atom. The second kappa shape index (κ2) is 4.00. The largest absolute Gasteiger partial charge is 0.206 e. The van der Waals surface area contributed by atoms with Crippen molar-refractivity contribution in [2.75, 3.05) is 0 Å². The van der Waals surface area contributed by atoms with E-state index in [1.165, 1.54) is 18.5 Å². The number of rotatable bonds is 2. The first kappa shape index (κ1) is 9.52.